The summed E-state index contributed by atoms with van der Waals surface area (Å²) in [5, 5.41) is 2.79. The first kappa shape index (κ1) is 18.6. The van der Waals surface area contributed by atoms with E-state index in [0.717, 1.165) is 16.7 Å². The van der Waals surface area contributed by atoms with Crippen molar-refractivity contribution >= 4 is 11.8 Å². The second-order valence-corrected chi connectivity index (χ2v) is 6.08. The highest BCUT2D eigenvalue weighted by molar-refractivity contribution is 5.78. The van der Waals surface area contributed by atoms with Crippen molar-refractivity contribution in [2.75, 3.05) is 6.54 Å². The summed E-state index contributed by atoms with van der Waals surface area (Å²) in [5.74, 6) is -0.504. The zero-order valence-corrected chi connectivity index (χ0v) is 14.6. The van der Waals surface area contributed by atoms with Gasteiger partial charge in [-0.15, -0.1) is 0 Å². The Hall–Kier alpha value is -2.69. The normalized spacial score (nSPS) is 10.4. The molecule has 0 radical (unpaired) electrons. The van der Waals surface area contributed by atoms with Crippen molar-refractivity contribution in [2.24, 2.45) is 0 Å². The molecule has 2 amide bonds. The molecule has 1 N–H and O–H groups in total. The molecule has 0 atom stereocenters. The molecule has 4 nitrogen and oxygen atoms in total. The molecular formula is C20H23FN2O2. The summed E-state index contributed by atoms with van der Waals surface area (Å²) in [5.41, 5.74) is 3.01. The van der Waals surface area contributed by atoms with Gasteiger partial charge in [-0.25, -0.2) is 4.39 Å². The van der Waals surface area contributed by atoms with Gasteiger partial charge in [0.05, 0.1) is 0 Å². The Balaban J connectivity index is 1.82. The molecule has 2 aromatic carbocycles. The fraction of sp³-hybridized carbons (Fsp3) is 0.300. The van der Waals surface area contributed by atoms with E-state index in [1.54, 1.807) is 17.0 Å². The first-order valence-corrected chi connectivity index (χ1v) is 8.26. The Morgan fingerprint density at radius 3 is 2.44 bits per heavy atom. The van der Waals surface area contributed by atoms with Crippen LogP contribution in [0.5, 0.6) is 0 Å². The van der Waals surface area contributed by atoms with Crippen molar-refractivity contribution in [3.05, 3.63) is 71.0 Å². The number of carbonyl (C=O) groups is 2. The molecule has 0 aliphatic rings. The van der Waals surface area contributed by atoms with Crippen LogP contribution < -0.4 is 5.32 Å². The number of amides is 2. The summed E-state index contributed by atoms with van der Waals surface area (Å²) in [6, 6.07) is 14.0. The van der Waals surface area contributed by atoms with Crippen LogP contribution in [0.2, 0.25) is 0 Å². The monoisotopic (exact) mass is 342 g/mol. The Morgan fingerprint density at radius 2 is 1.80 bits per heavy atom. The number of benzene rings is 2. The van der Waals surface area contributed by atoms with E-state index in [-0.39, 0.29) is 24.1 Å². The van der Waals surface area contributed by atoms with Crippen LogP contribution in [0.3, 0.4) is 0 Å². The molecule has 25 heavy (non-hydrogen) atoms. The molecule has 0 saturated carbocycles. The van der Waals surface area contributed by atoms with Gasteiger partial charge >= 0.3 is 0 Å². The Kier molecular flexibility index (Phi) is 6.69. The number of nitrogens with zero attached hydrogens (tertiary/aromatic N) is 1. The molecule has 0 aliphatic carbocycles. The van der Waals surface area contributed by atoms with Gasteiger partial charge in [0.25, 0.3) is 0 Å². The summed E-state index contributed by atoms with van der Waals surface area (Å²) in [7, 11) is 0. The third-order valence-corrected chi connectivity index (χ3v) is 3.91. The van der Waals surface area contributed by atoms with E-state index in [1.807, 2.05) is 31.2 Å². The average Bonchev–Trinajstić information content (AvgIpc) is 2.58. The molecule has 0 unspecified atom stereocenters. The van der Waals surface area contributed by atoms with Crippen LogP contribution in [0.15, 0.2) is 48.5 Å². The van der Waals surface area contributed by atoms with Gasteiger partial charge in [-0.3, -0.25) is 9.59 Å². The number of hydrogen-bond donors (Lipinski definition) is 1. The van der Waals surface area contributed by atoms with Crippen LogP contribution in [0.4, 0.5) is 4.39 Å². The average molecular weight is 342 g/mol. The molecule has 0 aromatic heterocycles. The van der Waals surface area contributed by atoms with Crippen molar-refractivity contribution in [2.45, 2.75) is 33.4 Å². The number of carbonyl (C=O) groups excluding carboxylic acids is 2. The second-order valence-electron chi connectivity index (χ2n) is 6.08. The molecule has 0 spiro atoms. The highest BCUT2D eigenvalue weighted by atomic mass is 19.1. The maximum absolute atomic E-state index is 12.8. The predicted octanol–water partition coefficient (Wildman–Crippen LogP) is 3.19. The van der Waals surface area contributed by atoms with Crippen LogP contribution in [0.25, 0.3) is 0 Å². The van der Waals surface area contributed by atoms with Crippen LogP contribution in [0.1, 0.15) is 30.0 Å². The topological polar surface area (TPSA) is 49.4 Å². The van der Waals surface area contributed by atoms with E-state index in [0.29, 0.717) is 19.6 Å². The van der Waals surface area contributed by atoms with Gasteiger partial charge in [-0.05, 0) is 30.2 Å². The van der Waals surface area contributed by atoms with Crippen LogP contribution in [0, 0.1) is 12.7 Å². The number of rotatable bonds is 7. The molecule has 132 valence electrons. The van der Waals surface area contributed by atoms with Gasteiger partial charge in [0.2, 0.25) is 11.8 Å². The summed E-state index contributed by atoms with van der Waals surface area (Å²) in [6.45, 7) is 4.70. The third kappa shape index (κ3) is 6.37. The van der Waals surface area contributed by atoms with Crippen LogP contribution in [-0.4, -0.2) is 23.3 Å². The van der Waals surface area contributed by atoms with Gasteiger partial charge in [-0.1, -0.05) is 42.0 Å². The molecular weight excluding hydrogens is 319 g/mol. The number of halogens is 1. The SMILES string of the molecule is CC(=O)N(CCC(=O)NCc1ccc(F)cc1)Cc1cccc(C)c1. The summed E-state index contributed by atoms with van der Waals surface area (Å²) >= 11 is 0. The van der Waals surface area contributed by atoms with Crippen molar-refractivity contribution in [1.29, 1.82) is 0 Å². The van der Waals surface area contributed by atoms with E-state index in [1.165, 1.54) is 19.1 Å². The lowest BCUT2D eigenvalue weighted by Gasteiger charge is -2.21. The fourth-order valence-electron chi connectivity index (χ4n) is 2.51. The quantitative estimate of drug-likeness (QED) is 0.840. The molecule has 0 fully saturated rings. The van der Waals surface area contributed by atoms with Crippen LogP contribution in [-0.2, 0) is 22.7 Å². The lowest BCUT2D eigenvalue weighted by molar-refractivity contribution is -0.130. The molecule has 0 heterocycles. The first-order valence-electron chi connectivity index (χ1n) is 8.26. The van der Waals surface area contributed by atoms with Gasteiger partial charge in [-0.2, -0.15) is 0 Å². The maximum Gasteiger partial charge on any atom is 0.222 e. The Bertz CT molecular complexity index is 729. The third-order valence-electron chi connectivity index (χ3n) is 3.91. The van der Waals surface area contributed by atoms with Crippen molar-refractivity contribution in [3.63, 3.8) is 0 Å². The molecule has 2 rings (SSSR count). The minimum absolute atomic E-state index is 0.0622. The Morgan fingerprint density at radius 1 is 1.08 bits per heavy atom. The smallest absolute Gasteiger partial charge is 0.222 e. The molecule has 0 bridgehead atoms. The van der Waals surface area contributed by atoms with Gasteiger partial charge < -0.3 is 10.2 Å². The van der Waals surface area contributed by atoms with Crippen molar-refractivity contribution < 1.29 is 14.0 Å². The molecule has 5 heteroatoms. The molecule has 2 aromatic rings. The van der Waals surface area contributed by atoms with E-state index in [2.05, 4.69) is 5.32 Å². The lowest BCUT2D eigenvalue weighted by Crippen LogP contribution is -2.33. The second kappa shape index (κ2) is 8.97. The minimum atomic E-state index is -0.302. The summed E-state index contributed by atoms with van der Waals surface area (Å²) in [4.78, 5) is 25.5. The maximum atomic E-state index is 12.8. The van der Waals surface area contributed by atoms with Gasteiger partial charge in [0.15, 0.2) is 0 Å². The van der Waals surface area contributed by atoms with Gasteiger partial charge in [0.1, 0.15) is 5.82 Å². The zero-order chi connectivity index (χ0) is 18.2. The van der Waals surface area contributed by atoms with Gasteiger partial charge in [0, 0.05) is 33.0 Å². The number of hydrogen-bond acceptors (Lipinski definition) is 2. The first-order chi connectivity index (χ1) is 11.9. The number of nitrogens with one attached hydrogen (secondary N) is 1. The van der Waals surface area contributed by atoms with E-state index < -0.39 is 0 Å². The van der Waals surface area contributed by atoms with E-state index in [4.69, 9.17) is 0 Å². The predicted molar refractivity (Wildman–Crippen MR) is 95.1 cm³/mol. The van der Waals surface area contributed by atoms with Crippen LogP contribution >= 0.6 is 0 Å². The number of aryl methyl sites for hydroxylation is 1. The standard InChI is InChI=1S/C20H23FN2O2/c1-15-4-3-5-18(12-15)14-23(16(2)24)11-10-20(25)22-13-17-6-8-19(21)9-7-17/h3-9,12H,10-11,13-14H2,1-2H3,(H,22,25). The van der Waals surface area contributed by atoms with E-state index >= 15 is 0 Å². The zero-order valence-electron chi connectivity index (χ0n) is 14.6. The molecule has 0 aliphatic heterocycles. The van der Waals surface area contributed by atoms with E-state index in [9.17, 15) is 14.0 Å². The lowest BCUT2D eigenvalue weighted by atomic mass is 10.1. The highest BCUT2D eigenvalue weighted by Crippen LogP contribution is 2.09. The largest absolute Gasteiger partial charge is 0.352 e. The van der Waals surface area contributed by atoms with Crippen molar-refractivity contribution in [1.82, 2.24) is 10.2 Å². The molecule has 0 saturated heterocycles. The minimum Gasteiger partial charge on any atom is -0.352 e. The van der Waals surface area contributed by atoms with Crippen molar-refractivity contribution in [3.8, 4) is 0 Å². The summed E-state index contributed by atoms with van der Waals surface area (Å²) in [6.07, 6.45) is 0.229. The summed E-state index contributed by atoms with van der Waals surface area (Å²) < 4.78 is 12.8. The highest BCUT2D eigenvalue weighted by Gasteiger charge is 2.12. The fourth-order valence-corrected chi connectivity index (χ4v) is 2.51. The Labute approximate surface area is 147 Å².